The molecule has 1 unspecified atom stereocenters. The Balaban J connectivity index is 1.62. The molecule has 0 fully saturated rings. The van der Waals surface area contributed by atoms with Gasteiger partial charge in [-0.05, 0) is 18.6 Å². The van der Waals surface area contributed by atoms with Crippen LogP contribution < -0.4 is 16.2 Å². The van der Waals surface area contributed by atoms with E-state index in [0.29, 0.717) is 26.7 Å². The molecule has 34 heavy (non-hydrogen) atoms. The summed E-state index contributed by atoms with van der Waals surface area (Å²) in [5.41, 5.74) is 12.7. The van der Waals surface area contributed by atoms with Gasteiger partial charge in [-0.1, -0.05) is 53.8 Å². The highest BCUT2D eigenvalue weighted by atomic mass is 32.2. The number of ether oxygens (including phenoxy) is 1. The number of nitrogens with one attached hydrogen (secondary N) is 2. The van der Waals surface area contributed by atoms with Crippen LogP contribution in [-0.2, 0) is 30.8 Å². The van der Waals surface area contributed by atoms with E-state index in [9.17, 15) is 18.0 Å². The first-order valence-electron chi connectivity index (χ1n) is 9.90. The van der Waals surface area contributed by atoms with Crippen LogP contribution in [0.15, 0.2) is 53.4 Å². The number of rotatable bonds is 9. The van der Waals surface area contributed by atoms with Gasteiger partial charge in [0.25, 0.3) is 0 Å². The minimum atomic E-state index is -4.06. The number of hydrogen-bond donors (Lipinski definition) is 4. The molecular formula is C21H22N6O5S2. The van der Waals surface area contributed by atoms with E-state index in [1.54, 1.807) is 49.4 Å². The lowest BCUT2D eigenvalue weighted by molar-refractivity contribution is -0.160. The van der Waals surface area contributed by atoms with Crippen LogP contribution in [0.2, 0.25) is 0 Å². The zero-order valence-electron chi connectivity index (χ0n) is 18.0. The standard InChI is InChI=1S/C21H22N6O5S2/c1-12-4-2-3-5-16(12)34(30,31)27-15(11-22)21(29)32-18(28)10-17-25-26-20(33-17)14-8-6-13(7-9-14)19(23)24/h2-9,15,27H,10-11,22H2,1H3,(H3,23,24). The van der Waals surface area contributed by atoms with Gasteiger partial charge in [-0.3, -0.25) is 10.2 Å². The summed E-state index contributed by atoms with van der Waals surface area (Å²) < 4.78 is 32.2. The minimum absolute atomic E-state index is 0.00898. The number of benzene rings is 2. The van der Waals surface area contributed by atoms with Crippen LogP contribution in [-0.4, -0.2) is 49.0 Å². The predicted molar refractivity (Wildman–Crippen MR) is 126 cm³/mol. The van der Waals surface area contributed by atoms with E-state index in [0.717, 1.165) is 11.3 Å². The molecule has 0 bridgehead atoms. The fourth-order valence-electron chi connectivity index (χ4n) is 2.88. The quantitative estimate of drug-likeness (QED) is 0.141. The number of aromatic nitrogens is 2. The van der Waals surface area contributed by atoms with Gasteiger partial charge in [0.2, 0.25) is 10.0 Å². The van der Waals surface area contributed by atoms with Crippen LogP contribution in [0.5, 0.6) is 0 Å². The zero-order valence-corrected chi connectivity index (χ0v) is 19.7. The lowest BCUT2D eigenvalue weighted by Gasteiger charge is -2.16. The number of nitrogens with two attached hydrogens (primary N) is 2. The second kappa shape index (κ2) is 10.6. The van der Waals surface area contributed by atoms with Crippen molar-refractivity contribution in [1.82, 2.24) is 14.9 Å². The Morgan fingerprint density at radius 3 is 2.44 bits per heavy atom. The number of nitrogens with zero attached hydrogens (tertiary/aromatic N) is 2. The number of esters is 2. The summed E-state index contributed by atoms with van der Waals surface area (Å²) in [5.74, 6) is -2.10. The SMILES string of the molecule is Cc1ccccc1S(=O)(=O)NC(CN)C(=O)OC(=O)Cc1nnc(-c2ccc(C(=N)N)cc2)s1. The number of aryl methyl sites for hydroxylation is 1. The highest BCUT2D eigenvalue weighted by molar-refractivity contribution is 7.89. The van der Waals surface area contributed by atoms with Crippen LogP contribution in [0, 0.1) is 12.3 Å². The Labute approximate surface area is 199 Å². The third kappa shape index (κ3) is 6.08. The molecule has 0 aliphatic heterocycles. The lowest BCUT2D eigenvalue weighted by atomic mass is 10.1. The normalized spacial score (nSPS) is 12.2. The number of carbonyl (C=O) groups excluding carboxylic acids is 2. The smallest absolute Gasteiger partial charge is 0.333 e. The molecule has 3 aromatic rings. The highest BCUT2D eigenvalue weighted by Crippen LogP contribution is 2.24. The zero-order chi connectivity index (χ0) is 24.9. The van der Waals surface area contributed by atoms with Crippen molar-refractivity contribution >= 4 is 39.1 Å². The molecule has 0 radical (unpaired) electrons. The van der Waals surface area contributed by atoms with Crippen molar-refractivity contribution in [2.75, 3.05) is 6.54 Å². The molecular weight excluding hydrogens is 480 g/mol. The topological polar surface area (TPSA) is 191 Å². The Hall–Kier alpha value is -3.52. The highest BCUT2D eigenvalue weighted by Gasteiger charge is 2.28. The first-order valence-corrected chi connectivity index (χ1v) is 12.2. The van der Waals surface area contributed by atoms with E-state index < -0.39 is 34.5 Å². The van der Waals surface area contributed by atoms with Gasteiger partial charge in [0, 0.05) is 17.7 Å². The maximum atomic E-state index is 12.6. The van der Waals surface area contributed by atoms with Gasteiger partial charge in [0.1, 0.15) is 28.3 Å². The summed E-state index contributed by atoms with van der Waals surface area (Å²) in [6, 6.07) is 11.6. The second-order valence-corrected chi connectivity index (χ2v) is 9.88. The van der Waals surface area contributed by atoms with Crippen molar-refractivity contribution in [2.24, 2.45) is 11.5 Å². The Kier molecular flexibility index (Phi) is 7.83. The van der Waals surface area contributed by atoms with E-state index in [1.807, 2.05) is 0 Å². The van der Waals surface area contributed by atoms with Crippen LogP contribution in [0.25, 0.3) is 10.6 Å². The van der Waals surface area contributed by atoms with Crippen LogP contribution in [0.1, 0.15) is 16.1 Å². The lowest BCUT2D eigenvalue weighted by Crippen LogP contribution is -2.47. The molecule has 13 heteroatoms. The molecule has 1 atom stereocenters. The van der Waals surface area contributed by atoms with Crippen LogP contribution in [0.3, 0.4) is 0 Å². The molecule has 3 rings (SSSR count). The molecule has 1 heterocycles. The van der Waals surface area contributed by atoms with Crippen molar-refractivity contribution in [3.63, 3.8) is 0 Å². The van der Waals surface area contributed by atoms with Crippen LogP contribution >= 0.6 is 11.3 Å². The van der Waals surface area contributed by atoms with Gasteiger partial charge in [-0.15, -0.1) is 10.2 Å². The third-order valence-electron chi connectivity index (χ3n) is 4.62. The molecule has 0 spiro atoms. The molecule has 11 nitrogen and oxygen atoms in total. The number of nitrogen functional groups attached to an aromatic ring is 1. The molecule has 6 N–H and O–H groups in total. The fourth-order valence-corrected chi connectivity index (χ4v) is 5.15. The maximum absolute atomic E-state index is 12.6. The summed E-state index contributed by atoms with van der Waals surface area (Å²) in [7, 11) is -4.06. The fraction of sp³-hybridized carbons (Fsp3) is 0.190. The first-order chi connectivity index (χ1) is 16.1. The Morgan fingerprint density at radius 1 is 1.15 bits per heavy atom. The van der Waals surface area contributed by atoms with Gasteiger partial charge in [0.15, 0.2) is 0 Å². The first kappa shape index (κ1) is 25.1. The summed E-state index contributed by atoms with van der Waals surface area (Å²) in [5, 5.41) is 16.2. The Bertz CT molecular complexity index is 1320. The Morgan fingerprint density at radius 2 is 1.82 bits per heavy atom. The van der Waals surface area contributed by atoms with Gasteiger partial charge in [0.05, 0.1) is 4.90 Å². The van der Waals surface area contributed by atoms with E-state index in [1.165, 1.54) is 6.07 Å². The third-order valence-corrected chi connectivity index (χ3v) is 7.22. The van der Waals surface area contributed by atoms with E-state index >= 15 is 0 Å². The van der Waals surface area contributed by atoms with Crippen molar-refractivity contribution < 1.29 is 22.7 Å². The summed E-state index contributed by atoms with van der Waals surface area (Å²) >= 11 is 1.12. The number of hydrogen-bond acceptors (Lipinski definition) is 10. The molecule has 0 saturated carbocycles. The number of sulfonamides is 1. The van der Waals surface area contributed by atoms with Gasteiger partial charge < -0.3 is 16.2 Å². The summed E-state index contributed by atoms with van der Waals surface area (Å²) in [6.07, 6.45) is -0.337. The van der Waals surface area contributed by atoms with Gasteiger partial charge in [-0.2, -0.15) is 4.72 Å². The summed E-state index contributed by atoms with van der Waals surface area (Å²) in [6.45, 7) is 1.21. The molecule has 0 aliphatic rings. The van der Waals surface area contributed by atoms with Crippen molar-refractivity contribution in [2.45, 2.75) is 24.3 Å². The number of amidine groups is 1. The number of carbonyl (C=O) groups is 2. The molecule has 0 saturated heterocycles. The largest absolute Gasteiger partial charge is 0.392 e. The molecule has 1 aromatic heterocycles. The minimum Gasteiger partial charge on any atom is -0.392 e. The maximum Gasteiger partial charge on any atom is 0.333 e. The van der Waals surface area contributed by atoms with Crippen LogP contribution in [0.4, 0.5) is 0 Å². The second-order valence-electron chi connectivity index (χ2n) is 7.14. The van der Waals surface area contributed by atoms with E-state index in [4.69, 9.17) is 21.6 Å². The molecule has 0 aliphatic carbocycles. The van der Waals surface area contributed by atoms with E-state index in [2.05, 4.69) is 14.9 Å². The molecule has 0 amide bonds. The monoisotopic (exact) mass is 502 g/mol. The van der Waals surface area contributed by atoms with Crippen molar-refractivity contribution in [3.8, 4) is 10.6 Å². The van der Waals surface area contributed by atoms with Gasteiger partial charge in [-0.25, -0.2) is 13.2 Å². The molecule has 178 valence electrons. The average Bonchev–Trinajstić information content (AvgIpc) is 3.25. The van der Waals surface area contributed by atoms with Crippen molar-refractivity contribution in [3.05, 3.63) is 64.7 Å². The average molecular weight is 503 g/mol. The van der Waals surface area contributed by atoms with Crippen molar-refractivity contribution in [1.29, 1.82) is 5.41 Å². The van der Waals surface area contributed by atoms with E-state index in [-0.39, 0.29) is 17.2 Å². The summed E-state index contributed by atoms with van der Waals surface area (Å²) in [4.78, 5) is 24.6. The van der Waals surface area contributed by atoms with Gasteiger partial charge >= 0.3 is 11.9 Å². The molecule has 2 aromatic carbocycles. The predicted octanol–water partition coefficient (Wildman–Crippen LogP) is 0.716.